The molecule has 0 unspecified atom stereocenters. The molecule has 0 saturated carbocycles. The van der Waals surface area contributed by atoms with E-state index < -0.39 is 15.9 Å². The van der Waals surface area contributed by atoms with E-state index in [1.807, 2.05) is 61.5 Å². The Morgan fingerprint density at radius 2 is 1.74 bits per heavy atom. The molecule has 0 aliphatic rings. The maximum atomic E-state index is 13.1. The van der Waals surface area contributed by atoms with E-state index in [1.54, 1.807) is 16.1 Å². The number of thiazole rings is 1. The van der Waals surface area contributed by atoms with Crippen LogP contribution < -0.4 is 14.8 Å². The number of anilines is 2. The molecule has 1 amide bonds. The number of aromatic nitrogens is 3. The maximum absolute atomic E-state index is 13.1. The van der Waals surface area contributed by atoms with Gasteiger partial charge in [0.15, 0.2) is 10.8 Å². The Labute approximate surface area is 223 Å². The third-order valence-electron chi connectivity index (χ3n) is 5.48. The summed E-state index contributed by atoms with van der Waals surface area (Å²) in [5.41, 5.74) is 3.04. The van der Waals surface area contributed by atoms with Gasteiger partial charge in [-0.3, -0.25) is 9.52 Å². The third-order valence-corrected chi connectivity index (χ3v) is 7.65. The highest BCUT2D eigenvalue weighted by molar-refractivity contribution is 7.93. The Morgan fingerprint density at radius 1 is 1.00 bits per heavy atom. The molecule has 0 aliphatic carbocycles. The van der Waals surface area contributed by atoms with Gasteiger partial charge in [0.25, 0.3) is 15.9 Å². The van der Waals surface area contributed by atoms with Crippen molar-refractivity contribution in [2.24, 2.45) is 0 Å². The number of para-hydroxylation sites is 1. The fourth-order valence-electron chi connectivity index (χ4n) is 3.71. The van der Waals surface area contributed by atoms with Gasteiger partial charge in [0.1, 0.15) is 5.75 Å². The molecule has 38 heavy (non-hydrogen) atoms. The van der Waals surface area contributed by atoms with Crippen LogP contribution in [0.1, 0.15) is 17.4 Å². The van der Waals surface area contributed by atoms with Crippen LogP contribution in [-0.4, -0.2) is 35.7 Å². The van der Waals surface area contributed by atoms with Crippen LogP contribution in [0.3, 0.4) is 0 Å². The summed E-state index contributed by atoms with van der Waals surface area (Å²) in [4.78, 5) is 17.1. The van der Waals surface area contributed by atoms with Crippen molar-refractivity contribution < 1.29 is 17.9 Å². The maximum Gasteiger partial charge on any atom is 0.276 e. The van der Waals surface area contributed by atoms with Gasteiger partial charge in [-0.2, -0.15) is 5.10 Å². The van der Waals surface area contributed by atoms with Crippen molar-refractivity contribution in [3.63, 3.8) is 0 Å². The summed E-state index contributed by atoms with van der Waals surface area (Å²) in [5.74, 6) is 0.329. The van der Waals surface area contributed by atoms with Crippen LogP contribution in [0.2, 0.25) is 0 Å². The van der Waals surface area contributed by atoms with Gasteiger partial charge in [0.2, 0.25) is 0 Å². The van der Waals surface area contributed by atoms with Crippen molar-refractivity contribution in [1.82, 2.24) is 14.8 Å². The Hall–Kier alpha value is -4.48. The predicted molar refractivity (Wildman–Crippen MR) is 147 cm³/mol. The van der Waals surface area contributed by atoms with Crippen molar-refractivity contribution in [3.05, 3.63) is 102 Å². The normalized spacial score (nSPS) is 11.2. The minimum atomic E-state index is -3.79. The molecule has 9 nitrogen and oxygen atoms in total. The Kier molecular flexibility index (Phi) is 7.20. The van der Waals surface area contributed by atoms with Crippen LogP contribution in [0.4, 0.5) is 10.8 Å². The first-order valence-electron chi connectivity index (χ1n) is 11.7. The number of nitrogens with one attached hydrogen (secondary N) is 2. The molecule has 192 valence electrons. The first kappa shape index (κ1) is 25.2. The SMILES string of the molecule is CCOc1ccc(-c2cc(C(=O)Nc3ccc(S(=O)(=O)Nc4nccs4)cc3)nn2-c2ccccc2)cc1. The van der Waals surface area contributed by atoms with E-state index in [1.165, 1.54) is 41.8 Å². The molecule has 5 rings (SSSR count). The highest BCUT2D eigenvalue weighted by Gasteiger charge is 2.19. The standard InChI is InChI=1S/C27H23N5O4S2/c1-2-36-22-12-8-19(9-13-22)25-18-24(30-32(25)21-6-4-3-5-7-21)26(33)29-20-10-14-23(15-11-20)38(34,35)31-27-28-16-17-37-27/h3-18H,2H2,1H3,(H,28,31)(H,29,33). The summed E-state index contributed by atoms with van der Waals surface area (Å²) < 4.78 is 34.8. The molecule has 0 aliphatic heterocycles. The van der Waals surface area contributed by atoms with E-state index in [0.29, 0.717) is 12.3 Å². The number of amides is 1. The van der Waals surface area contributed by atoms with Gasteiger partial charge in [-0.1, -0.05) is 18.2 Å². The molecule has 0 radical (unpaired) electrons. The van der Waals surface area contributed by atoms with Crippen molar-refractivity contribution in [2.75, 3.05) is 16.6 Å². The highest BCUT2D eigenvalue weighted by Crippen LogP contribution is 2.27. The van der Waals surface area contributed by atoms with Crippen molar-refractivity contribution >= 4 is 38.1 Å². The Balaban J connectivity index is 1.39. The van der Waals surface area contributed by atoms with Gasteiger partial charge >= 0.3 is 0 Å². The van der Waals surface area contributed by atoms with Gasteiger partial charge in [-0.15, -0.1) is 11.3 Å². The third kappa shape index (κ3) is 5.58. The minimum absolute atomic E-state index is 0.0526. The molecule has 2 N–H and O–H groups in total. The van der Waals surface area contributed by atoms with Crippen LogP contribution in [0.25, 0.3) is 16.9 Å². The summed E-state index contributed by atoms with van der Waals surface area (Å²) in [6.45, 7) is 2.50. The Bertz CT molecular complexity index is 1630. The number of ether oxygens (including phenoxy) is 1. The average Bonchev–Trinajstić information content (AvgIpc) is 3.60. The molecule has 11 heteroatoms. The lowest BCUT2D eigenvalue weighted by Gasteiger charge is -2.08. The summed E-state index contributed by atoms with van der Waals surface area (Å²) in [5, 5.41) is 9.32. The molecule has 0 spiro atoms. The monoisotopic (exact) mass is 545 g/mol. The van der Waals surface area contributed by atoms with Crippen LogP contribution in [0.15, 0.2) is 101 Å². The lowest BCUT2D eigenvalue weighted by molar-refractivity contribution is 0.102. The van der Waals surface area contributed by atoms with E-state index >= 15 is 0 Å². The van der Waals surface area contributed by atoms with Gasteiger partial charge < -0.3 is 10.1 Å². The largest absolute Gasteiger partial charge is 0.494 e. The smallest absolute Gasteiger partial charge is 0.276 e. The van der Waals surface area contributed by atoms with Gasteiger partial charge in [-0.25, -0.2) is 18.1 Å². The summed E-state index contributed by atoms with van der Waals surface area (Å²) in [6, 6.07) is 24.7. The van der Waals surface area contributed by atoms with Crippen LogP contribution in [0, 0.1) is 0 Å². The van der Waals surface area contributed by atoms with Crippen molar-refractivity contribution in [2.45, 2.75) is 11.8 Å². The molecule has 2 aromatic heterocycles. The molecule has 2 heterocycles. The highest BCUT2D eigenvalue weighted by atomic mass is 32.2. The second-order valence-electron chi connectivity index (χ2n) is 8.04. The summed E-state index contributed by atoms with van der Waals surface area (Å²) in [7, 11) is -3.79. The first-order chi connectivity index (χ1) is 18.4. The number of sulfonamides is 1. The molecule has 0 fully saturated rings. The zero-order valence-corrected chi connectivity index (χ0v) is 21.9. The fourth-order valence-corrected chi connectivity index (χ4v) is 5.50. The number of nitrogens with zero attached hydrogens (tertiary/aromatic N) is 3. The topological polar surface area (TPSA) is 115 Å². The van der Waals surface area contributed by atoms with E-state index in [9.17, 15) is 13.2 Å². The lowest BCUT2D eigenvalue weighted by Crippen LogP contribution is -2.14. The van der Waals surface area contributed by atoms with Crippen molar-refractivity contribution in [1.29, 1.82) is 0 Å². The van der Waals surface area contributed by atoms with Crippen LogP contribution in [0.5, 0.6) is 5.75 Å². The number of hydrogen-bond acceptors (Lipinski definition) is 7. The molecule has 0 saturated heterocycles. The molecule has 0 bridgehead atoms. The number of hydrogen-bond donors (Lipinski definition) is 2. The number of carbonyl (C=O) groups excluding carboxylic acids is 1. The number of rotatable bonds is 9. The van der Waals surface area contributed by atoms with Gasteiger partial charge in [0.05, 0.1) is 22.9 Å². The molecular formula is C27H23N5O4S2. The van der Waals surface area contributed by atoms with E-state index in [-0.39, 0.29) is 15.7 Å². The first-order valence-corrected chi connectivity index (χ1v) is 14.0. The van der Waals surface area contributed by atoms with Crippen LogP contribution in [-0.2, 0) is 10.0 Å². The second kappa shape index (κ2) is 10.9. The zero-order valence-electron chi connectivity index (χ0n) is 20.2. The molecular weight excluding hydrogens is 522 g/mol. The number of carbonyl (C=O) groups is 1. The molecule has 5 aromatic rings. The minimum Gasteiger partial charge on any atom is -0.494 e. The predicted octanol–water partition coefficient (Wildman–Crippen LogP) is 5.45. The average molecular weight is 546 g/mol. The van der Waals surface area contributed by atoms with E-state index in [4.69, 9.17) is 4.74 Å². The summed E-state index contributed by atoms with van der Waals surface area (Å²) >= 11 is 1.18. The van der Waals surface area contributed by atoms with Gasteiger partial charge in [-0.05, 0) is 73.7 Å². The Morgan fingerprint density at radius 3 is 2.39 bits per heavy atom. The van der Waals surface area contributed by atoms with E-state index in [2.05, 4.69) is 20.1 Å². The zero-order chi connectivity index (χ0) is 26.5. The van der Waals surface area contributed by atoms with Crippen molar-refractivity contribution in [3.8, 4) is 22.7 Å². The fraction of sp³-hybridized carbons (Fsp3) is 0.0741. The molecule has 0 atom stereocenters. The van der Waals surface area contributed by atoms with Crippen LogP contribution >= 0.6 is 11.3 Å². The summed E-state index contributed by atoms with van der Waals surface area (Å²) in [6.07, 6.45) is 1.52. The lowest BCUT2D eigenvalue weighted by atomic mass is 10.1. The van der Waals surface area contributed by atoms with Gasteiger partial charge in [0, 0.05) is 22.8 Å². The number of benzene rings is 3. The van der Waals surface area contributed by atoms with E-state index in [0.717, 1.165) is 22.7 Å². The molecule has 3 aromatic carbocycles. The quantitative estimate of drug-likeness (QED) is 0.255. The second-order valence-corrected chi connectivity index (χ2v) is 10.6.